The van der Waals surface area contributed by atoms with Crippen LogP contribution in [0.15, 0.2) is 73.1 Å². The Morgan fingerprint density at radius 3 is 1.45 bits per heavy atom. The van der Waals surface area contributed by atoms with Crippen LogP contribution < -0.4 is 54.2 Å². The van der Waals surface area contributed by atoms with Gasteiger partial charge < -0.3 is 59.3 Å². The van der Waals surface area contributed by atoms with Crippen molar-refractivity contribution in [2.45, 2.75) is 40.2 Å². The average Bonchev–Trinajstić information content (AvgIpc) is 3.32. The number of benzene rings is 3. The van der Waals surface area contributed by atoms with Crippen LogP contribution in [-0.2, 0) is 16.1 Å². The normalized spacial score (nSPS) is 17.9. The Balaban J connectivity index is 0.000000225. The molecule has 4 unspecified atom stereocenters. The van der Waals surface area contributed by atoms with Gasteiger partial charge in [0.25, 0.3) is 0 Å². The fraction of sp³-hybridized carbons (Fsp3) is 0.417. The Bertz CT molecular complexity index is 2370. The number of nitrogens with one attached hydrogen (secondary N) is 3. The quantitative estimate of drug-likeness (QED) is 0.0778. The fourth-order valence-corrected chi connectivity index (χ4v) is 8.22. The second-order valence-corrected chi connectivity index (χ2v) is 16.5. The van der Waals surface area contributed by atoms with Gasteiger partial charge in [-0.1, -0.05) is 43.7 Å². The van der Waals surface area contributed by atoms with E-state index >= 15 is 0 Å². The second kappa shape index (κ2) is 22.6. The number of aromatic nitrogens is 4. The van der Waals surface area contributed by atoms with E-state index in [1.54, 1.807) is 85.4 Å². The number of hydrogen-bond donors (Lipinski definition) is 4. The molecule has 1 amide bonds. The summed E-state index contributed by atoms with van der Waals surface area (Å²) >= 11 is 0. The molecule has 4 atom stereocenters. The maximum absolute atomic E-state index is 13.0. The molecule has 18 heteroatoms. The molecule has 4 heterocycles. The highest BCUT2D eigenvalue weighted by Crippen LogP contribution is 2.42. The van der Waals surface area contributed by atoms with Crippen LogP contribution in [0.2, 0.25) is 0 Å². The Hall–Kier alpha value is -7.24. The monoisotopic (exact) mass is 907 g/mol. The molecule has 2 saturated heterocycles. The third-order valence-electron chi connectivity index (χ3n) is 11.4. The van der Waals surface area contributed by atoms with Crippen molar-refractivity contribution in [2.75, 3.05) is 89.3 Å². The number of carbonyl (C=O) groups excluding carboxylic acids is 1. The highest BCUT2D eigenvalue weighted by atomic mass is 16.5. The molecule has 4 N–H and O–H groups in total. The first-order valence-corrected chi connectivity index (χ1v) is 21.7. The minimum Gasteiger partial charge on any atom is -0.493 e. The molecule has 3 aromatic carbocycles. The van der Waals surface area contributed by atoms with E-state index in [1.807, 2.05) is 11.0 Å². The highest BCUT2D eigenvalue weighted by Gasteiger charge is 2.32. The number of amides is 1. The van der Waals surface area contributed by atoms with Crippen molar-refractivity contribution >= 4 is 46.8 Å². The van der Waals surface area contributed by atoms with Gasteiger partial charge in [0.05, 0.1) is 54.5 Å². The zero-order chi connectivity index (χ0) is 47.3. The van der Waals surface area contributed by atoms with Gasteiger partial charge in [0, 0.05) is 80.8 Å². The van der Waals surface area contributed by atoms with E-state index in [1.165, 1.54) is 5.56 Å². The van der Waals surface area contributed by atoms with Gasteiger partial charge in [-0.3, -0.25) is 9.59 Å². The number of nitrogens with zero attached hydrogens (tertiary/aromatic N) is 6. The second-order valence-electron chi connectivity index (χ2n) is 16.5. The molecule has 2 aliphatic heterocycles. The first-order valence-electron chi connectivity index (χ1n) is 21.7. The standard InChI is InChI=1S/C28H35N5O4.C20H26N4O5/c1-18-6-8-20(9-7-18)15-30-27(34)21-12-19(2)16-33(17-21)25-10-11-29-28(32-25)31-22-13-23(35-3)26(37-5)24(14-22)36-4;1-12-7-13(19(25)26)11-24(10-12)17-5-6-21-20(23-17)22-14-8-15(27-2)18(29-4)16(9-14)28-3/h6-11,13-14,19,21H,12,15-17H2,1-5H3,(H,30,34)(H,29,31,32);5-6,8-9,12-13H,7,10-11H2,1-4H3,(H,25,26)(H,21,22,23). The number of hydrogen-bond acceptors (Lipinski definition) is 16. The Morgan fingerprint density at radius 2 is 1.05 bits per heavy atom. The van der Waals surface area contributed by atoms with Crippen LogP contribution in [0.1, 0.15) is 37.8 Å². The summed E-state index contributed by atoms with van der Waals surface area (Å²) in [6.45, 7) is 9.42. The summed E-state index contributed by atoms with van der Waals surface area (Å²) in [7, 11) is 9.36. The molecule has 0 aliphatic carbocycles. The van der Waals surface area contributed by atoms with Gasteiger partial charge in [-0.15, -0.1) is 0 Å². The number of anilines is 6. The number of methoxy groups -OCH3 is 6. The molecule has 0 bridgehead atoms. The van der Waals surface area contributed by atoms with Crippen LogP contribution in [0, 0.1) is 30.6 Å². The SMILES string of the molecule is COc1cc(Nc2nccc(N3CC(C)CC(C(=O)NCc4ccc(C)cc4)C3)n2)cc(OC)c1OC.COc1cc(Nc2nccc(N3CC(C)CC(C(=O)O)C3)n2)cc(OC)c1OC. The summed E-state index contributed by atoms with van der Waals surface area (Å²) in [5, 5.41) is 18.9. The minimum absolute atomic E-state index is 0.0713. The van der Waals surface area contributed by atoms with Crippen LogP contribution in [-0.4, -0.2) is 106 Å². The molecule has 5 aromatic rings. The Labute approximate surface area is 386 Å². The van der Waals surface area contributed by atoms with Crippen molar-refractivity contribution in [3.63, 3.8) is 0 Å². The van der Waals surface area contributed by atoms with E-state index in [2.05, 4.69) is 80.8 Å². The average molecular weight is 908 g/mol. The van der Waals surface area contributed by atoms with Crippen molar-refractivity contribution in [1.82, 2.24) is 25.3 Å². The summed E-state index contributed by atoms with van der Waals surface area (Å²) in [5.74, 6) is 4.79. The lowest BCUT2D eigenvalue weighted by Crippen LogP contribution is -2.46. The van der Waals surface area contributed by atoms with E-state index in [4.69, 9.17) is 33.4 Å². The maximum atomic E-state index is 13.0. The summed E-state index contributed by atoms with van der Waals surface area (Å²) in [5.41, 5.74) is 3.67. The largest absolute Gasteiger partial charge is 0.493 e. The first kappa shape index (κ1) is 48.2. The molecule has 0 spiro atoms. The number of aliphatic carboxylic acids is 1. The fourth-order valence-electron chi connectivity index (χ4n) is 8.22. The number of carboxylic acid groups (broad SMARTS) is 1. The Morgan fingerprint density at radius 1 is 0.621 bits per heavy atom. The summed E-state index contributed by atoms with van der Waals surface area (Å²) in [6.07, 6.45) is 4.89. The number of aryl methyl sites for hydroxylation is 1. The van der Waals surface area contributed by atoms with Gasteiger partial charge in [0.2, 0.25) is 29.3 Å². The van der Waals surface area contributed by atoms with Gasteiger partial charge in [0.1, 0.15) is 11.6 Å². The van der Waals surface area contributed by atoms with Gasteiger partial charge >= 0.3 is 5.97 Å². The van der Waals surface area contributed by atoms with Gasteiger partial charge in [-0.2, -0.15) is 9.97 Å². The van der Waals surface area contributed by atoms with Crippen molar-refractivity contribution in [3.8, 4) is 34.5 Å². The summed E-state index contributed by atoms with van der Waals surface area (Å²) in [6, 6.07) is 19.0. The summed E-state index contributed by atoms with van der Waals surface area (Å²) in [4.78, 5) is 46.6. The lowest BCUT2D eigenvalue weighted by molar-refractivity contribution is -0.142. The summed E-state index contributed by atoms with van der Waals surface area (Å²) < 4.78 is 32.4. The van der Waals surface area contributed by atoms with E-state index in [9.17, 15) is 14.7 Å². The maximum Gasteiger partial charge on any atom is 0.308 e. The Kier molecular flexibility index (Phi) is 16.5. The minimum atomic E-state index is -0.772. The van der Waals surface area contributed by atoms with Gasteiger partial charge in [0.15, 0.2) is 23.0 Å². The molecule has 2 aromatic heterocycles. The zero-order valence-electron chi connectivity index (χ0n) is 39.1. The molecule has 352 valence electrons. The molecule has 0 saturated carbocycles. The number of ether oxygens (including phenoxy) is 6. The van der Waals surface area contributed by atoms with Crippen LogP contribution in [0.3, 0.4) is 0 Å². The van der Waals surface area contributed by atoms with Gasteiger partial charge in [-0.25, -0.2) is 9.97 Å². The molecule has 2 fully saturated rings. The highest BCUT2D eigenvalue weighted by molar-refractivity contribution is 5.79. The van der Waals surface area contributed by atoms with E-state index in [-0.39, 0.29) is 17.7 Å². The van der Waals surface area contributed by atoms with Crippen LogP contribution in [0.4, 0.5) is 34.9 Å². The van der Waals surface area contributed by atoms with Crippen molar-refractivity contribution < 1.29 is 43.1 Å². The van der Waals surface area contributed by atoms with Crippen molar-refractivity contribution in [1.29, 1.82) is 0 Å². The number of rotatable bonds is 16. The van der Waals surface area contributed by atoms with Crippen LogP contribution >= 0.6 is 0 Å². The number of carbonyl (C=O) groups is 2. The molecule has 18 nitrogen and oxygen atoms in total. The zero-order valence-corrected chi connectivity index (χ0v) is 39.1. The topological polar surface area (TPSA) is 204 Å². The van der Waals surface area contributed by atoms with Crippen LogP contribution in [0.25, 0.3) is 0 Å². The predicted octanol–water partition coefficient (Wildman–Crippen LogP) is 7.13. The third-order valence-corrected chi connectivity index (χ3v) is 11.4. The lowest BCUT2D eigenvalue weighted by Gasteiger charge is -2.36. The van der Waals surface area contributed by atoms with Crippen molar-refractivity contribution in [3.05, 3.63) is 84.2 Å². The van der Waals surface area contributed by atoms with E-state index < -0.39 is 11.9 Å². The van der Waals surface area contributed by atoms with Crippen molar-refractivity contribution in [2.24, 2.45) is 23.7 Å². The predicted molar refractivity (Wildman–Crippen MR) is 252 cm³/mol. The number of carboxylic acids is 1. The van der Waals surface area contributed by atoms with E-state index in [0.29, 0.717) is 95.6 Å². The molecule has 0 radical (unpaired) electrons. The number of piperidine rings is 2. The third kappa shape index (κ3) is 12.3. The first-order chi connectivity index (χ1) is 31.8. The van der Waals surface area contributed by atoms with Gasteiger partial charge in [-0.05, 0) is 49.3 Å². The van der Waals surface area contributed by atoms with E-state index in [0.717, 1.165) is 30.9 Å². The molecule has 2 aliphatic rings. The molecule has 7 rings (SSSR count). The molecular formula is C48H61N9O9. The molecular weight excluding hydrogens is 847 g/mol. The van der Waals surface area contributed by atoms with Crippen LogP contribution in [0.5, 0.6) is 34.5 Å². The lowest BCUT2D eigenvalue weighted by atomic mass is 9.89. The molecule has 66 heavy (non-hydrogen) atoms. The smallest absolute Gasteiger partial charge is 0.308 e.